The van der Waals surface area contributed by atoms with E-state index >= 15 is 0 Å². The monoisotopic (exact) mass is 865 g/mol. The number of halogens is 1. The van der Waals surface area contributed by atoms with Gasteiger partial charge in [0.05, 0.1) is 34.8 Å². The SMILES string of the molecule is CC1(C)CCC(CN2CCN(c3ccc(C(=O)NS(=O)(=O)c4ccc(NCC5[C@H]6COC[C@@H]56)c([N+](=O)[O-])c4)c(Oc4cnc5[nH]ccc5c4)c3)CC2)=C(c2ccc(Cl)cc2)C1. The quantitative estimate of drug-likeness (QED) is 0.0771. The first-order valence-corrected chi connectivity index (χ1v) is 22.5. The third kappa shape index (κ3) is 8.83. The van der Waals surface area contributed by atoms with Gasteiger partial charge in [-0.2, -0.15) is 0 Å². The number of anilines is 2. The van der Waals surface area contributed by atoms with Crippen LogP contribution in [0.25, 0.3) is 16.6 Å². The summed E-state index contributed by atoms with van der Waals surface area (Å²) in [5.74, 6) is 0.784. The average molecular weight is 866 g/mol. The van der Waals surface area contributed by atoms with Gasteiger partial charge in [-0.25, -0.2) is 18.1 Å². The minimum atomic E-state index is -4.55. The Kier molecular flexibility index (Phi) is 11.0. The van der Waals surface area contributed by atoms with E-state index in [4.69, 9.17) is 21.1 Å². The van der Waals surface area contributed by atoms with Crippen molar-refractivity contribution in [1.82, 2.24) is 19.6 Å². The molecule has 16 heteroatoms. The number of nitro groups is 1. The minimum Gasteiger partial charge on any atom is -0.455 e. The number of pyridine rings is 1. The number of ether oxygens (including phenoxy) is 2. The summed E-state index contributed by atoms with van der Waals surface area (Å²) in [4.78, 5) is 37.1. The average Bonchev–Trinajstić information content (AvgIpc) is 3.52. The Morgan fingerprint density at radius 2 is 1.80 bits per heavy atom. The number of nitro benzene ring substituents is 1. The Hall–Kier alpha value is -5.48. The molecule has 0 radical (unpaired) electrons. The highest BCUT2D eigenvalue weighted by atomic mass is 35.5. The molecule has 4 heterocycles. The second-order valence-corrected chi connectivity index (χ2v) is 19.5. The Bertz CT molecular complexity index is 2630. The molecular formula is C45H48ClN7O7S. The second-order valence-electron chi connectivity index (χ2n) is 17.3. The van der Waals surface area contributed by atoms with Gasteiger partial charge in [-0.3, -0.25) is 19.8 Å². The van der Waals surface area contributed by atoms with Crippen LogP contribution in [0.2, 0.25) is 5.02 Å². The molecule has 0 bridgehead atoms. The lowest BCUT2D eigenvalue weighted by molar-refractivity contribution is -0.384. The van der Waals surface area contributed by atoms with Crippen LogP contribution in [0, 0.1) is 33.3 Å². The van der Waals surface area contributed by atoms with E-state index in [0.717, 1.165) is 74.1 Å². The van der Waals surface area contributed by atoms with Crippen LogP contribution in [0.15, 0.2) is 95.7 Å². The summed E-state index contributed by atoms with van der Waals surface area (Å²) in [6.07, 6.45) is 6.49. The number of nitrogens with zero attached hydrogens (tertiary/aromatic N) is 4. The number of allylic oxidation sites excluding steroid dienone is 1. The number of aromatic amines is 1. The van der Waals surface area contributed by atoms with Gasteiger partial charge in [0.2, 0.25) is 0 Å². The number of hydrogen-bond acceptors (Lipinski definition) is 11. The lowest BCUT2D eigenvalue weighted by atomic mass is 9.72. The maximum absolute atomic E-state index is 13.9. The van der Waals surface area contributed by atoms with E-state index in [9.17, 15) is 23.3 Å². The van der Waals surface area contributed by atoms with E-state index in [2.05, 4.69) is 55.8 Å². The van der Waals surface area contributed by atoms with Gasteiger partial charge in [0.1, 0.15) is 22.8 Å². The van der Waals surface area contributed by atoms with Crippen molar-refractivity contribution in [2.24, 2.45) is 23.2 Å². The first kappa shape index (κ1) is 40.9. The molecule has 1 amide bonds. The van der Waals surface area contributed by atoms with E-state index in [1.54, 1.807) is 30.5 Å². The summed E-state index contributed by atoms with van der Waals surface area (Å²) in [6, 6.07) is 20.5. The fraction of sp³-hybridized carbons (Fsp3) is 0.378. The van der Waals surface area contributed by atoms with Gasteiger partial charge in [0.15, 0.2) is 0 Å². The van der Waals surface area contributed by atoms with E-state index in [1.807, 2.05) is 18.2 Å². The van der Waals surface area contributed by atoms with Gasteiger partial charge in [-0.05, 0) is 102 Å². The fourth-order valence-corrected chi connectivity index (χ4v) is 10.2. The van der Waals surface area contributed by atoms with Crippen molar-refractivity contribution < 1.29 is 27.6 Å². The normalized spacial score (nSPS) is 21.3. The molecule has 3 N–H and O–H groups in total. The molecule has 3 atom stereocenters. The van der Waals surface area contributed by atoms with Crippen molar-refractivity contribution in [1.29, 1.82) is 0 Å². The number of nitrogens with one attached hydrogen (secondary N) is 3. The van der Waals surface area contributed by atoms with Crippen LogP contribution in [0.5, 0.6) is 11.5 Å². The number of piperazine rings is 1. The highest BCUT2D eigenvalue weighted by Crippen LogP contribution is 2.51. The Labute approximate surface area is 359 Å². The molecule has 5 aromatic rings. The topological polar surface area (TPSA) is 172 Å². The molecule has 2 aliphatic heterocycles. The summed E-state index contributed by atoms with van der Waals surface area (Å²) >= 11 is 6.24. The van der Waals surface area contributed by atoms with Gasteiger partial charge in [0.25, 0.3) is 21.6 Å². The Morgan fingerprint density at radius 3 is 2.56 bits per heavy atom. The number of carbonyl (C=O) groups excluding carboxylic acids is 1. The number of H-pyrrole nitrogens is 1. The molecule has 1 unspecified atom stereocenters. The molecule has 3 fully saturated rings. The fourth-order valence-electron chi connectivity index (χ4n) is 9.08. The molecule has 1 saturated carbocycles. The van der Waals surface area contributed by atoms with Crippen LogP contribution in [-0.4, -0.2) is 86.6 Å². The third-order valence-electron chi connectivity index (χ3n) is 12.7. The number of hydrogen-bond donors (Lipinski definition) is 3. The van der Waals surface area contributed by atoms with Crippen molar-refractivity contribution in [2.45, 2.75) is 38.0 Å². The number of benzene rings is 3. The number of amides is 1. The van der Waals surface area contributed by atoms with E-state index < -0.39 is 31.4 Å². The number of fused-ring (bicyclic) bond motifs is 2. The smallest absolute Gasteiger partial charge is 0.293 e. The second kappa shape index (κ2) is 16.4. The van der Waals surface area contributed by atoms with E-state index in [0.29, 0.717) is 48.9 Å². The van der Waals surface area contributed by atoms with Gasteiger partial charge in [-0.1, -0.05) is 43.2 Å². The third-order valence-corrected chi connectivity index (χ3v) is 14.3. The van der Waals surface area contributed by atoms with E-state index in [1.165, 1.54) is 35.0 Å². The van der Waals surface area contributed by atoms with Crippen molar-refractivity contribution in [3.63, 3.8) is 0 Å². The Morgan fingerprint density at radius 1 is 1.03 bits per heavy atom. The summed E-state index contributed by atoms with van der Waals surface area (Å²) < 4.78 is 41.2. The number of carbonyl (C=O) groups is 1. The summed E-state index contributed by atoms with van der Waals surface area (Å²) in [5.41, 5.74) is 5.58. The lowest BCUT2D eigenvalue weighted by Gasteiger charge is -2.39. The zero-order chi connectivity index (χ0) is 42.5. The molecule has 3 aromatic carbocycles. The molecule has 2 aliphatic carbocycles. The van der Waals surface area contributed by atoms with Crippen molar-refractivity contribution in [3.8, 4) is 11.5 Å². The van der Waals surface area contributed by atoms with Crippen molar-refractivity contribution >= 4 is 61.2 Å². The van der Waals surface area contributed by atoms with E-state index in [-0.39, 0.29) is 22.4 Å². The largest absolute Gasteiger partial charge is 0.455 e. The predicted octanol–water partition coefficient (Wildman–Crippen LogP) is 8.13. The molecule has 14 nitrogen and oxygen atoms in total. The maximum atomic E-state index is 13.9. The highest BCUT2D eigenvalue weighted by molar-refractivity contribution is 7.90. The highest BCUT2D eigenvalue weighted by Gasteiger charge is 2.53. The zero-order valence-electron chi connectivity index (χ0n) is 34.0. The van der Waals surface area contributed by atoms with Crippen LogP contribution in [0.4, 0.5) is 17.1 Å². The maximum Gasteiger partial charge on any atom is 0.293 e. The lowest BCUT2D eigenvalue weighted by Crippen LogP contribution is -2.47. The predicted molar refractivity (Wildman–Crippen MR) is 235 cm³/mol. The Balaban J connectivity index is 0.926. The first-order chi connectivity index (χ1) is 29.3. The van der Waals surface area contributed by atoms with Gasteiger partial charge in [0, 0.05) is 73.7 Å². The molecule has 9 rings (SSSR count). The minimum absolute atomic E-state index is 0.0336. The molecule has 318 valence electrons. The number of rotatable bonds is 13. The van der Waals surface area contributed by atoms with Gasteiger partial charge < -0.3 is 24.7 Å². The standard InChI is InChI=1S/C45H48ClN7O7S/c1-45(2)13-11-30(36(22-45)28-3-5-31(46)6-4-28)25-51-15-17-52(18-16-51)32-7-9-35(42(20-32)60-33-19-29-12-14-47-43(29)49-23-33)44(54)50-61(57,58)34-8-10-40(41(21-34)53(55)56)48-24-37-38-26-59-27-39(37)38/h3-10,12,14,19-21,23,37-39,48H,11,13,15-18,22,24-27H2,1-2H3,(H,47,49)(H,50,54)/t37?,38-,39+. The van der Waals surface area contributed by atoms with Crippen molar-refractivity contribution in [2.75, 3.05) is 62.7 Å². The molecule has 2 saturated heterocycles. The van der Waals surface area contributed by atoms with Crippen LogP contribution in [0.3, 0.4) is 0 Å². The molecule has 4 aliphatic rings. The molecule has 61 heavy (non-hydrogen) atoms. The first-order valence-electron chi connectivity index (χ1n) is 20.7. The number of aromatic nitrogens is 2. The van der Waals surface area contributed by atoms with Crippen LogP contribution >= 0.6 is 11.6 Å². The van der Waals surface area contributed by atoms with Crippen LogP contribution in [-0.2, 0) is 14.8 Å². The molecular weight excluding hydrogens is 818 g/mol. The summed E-state index contributed by atoms with van der Waals surface area (Å²) in [6.45, 7) is 10.5. The van der Waals surface area contributed by atoms with Crippen LogP contribution in [0.1, 0.15) is 49.0 Å². The van der Waals surface area contributed by atoms with Gasteiger partial charge >= 0.3 is 0 Å². The summed E-state index contributed by atoms with van der Waals surface area (Å²) in [5, 5.41) is 16.7. The molecule has 0 spiro atoms. The van der Waals surface area contributed by atoms with Gasteiger partial charge in [-0.15, -0.1) is 0 Å². The van der Waals surface area contributed by atoms with Crippen molar-refractivity contribution in [3.05, 3.63) is 117 Å². The van der Waals surface area contributed by atoms with Crippen LogP contribution < -0.4 is 19.7 Å². The zero-order valence-corrected chi connectivity index (χ0v) is 35.6. The molecule has 2 aromatic heterocycles. The summed E-state index contributed by atoms with van der Waals surface area (Å²) in [7, 11) is -4.55. The number of sulfonamides is 1.